The van der Waals surface area contributed by atoms with Gasteiger partial charge >= 0.3 is 0 Å². The number of rotatable bonds is 3. The van der Waals surface area contributed by atoms with Gasteiger partial charge in [-0.2, -0.15) is 5.26 Å². The Morgan fingerprint density at radius 3 is 2.83 bits per heavy atom. The summed E-state index contributed by atoms with van der Waals surface area (Å²) < 4.78 is 0. The molecule has 2 aromatic rings. The summed E-state index contributed by atoms with van der Waals surface area (Å²) in [5, 5.41) is 20.6. The van der Waals surface area contributed by atoms with Crippen LogP contribution in [0.5, 0.6) is 0 Å². The molecule has 0 saturated heterocycles. The second-order valence-corrected chi connectivity index (χ2v) is 4.08. The number of benzene rings is 1. The predicted molar refractivity (Wildman–Crippen MR) is 73.6 cm³/mol. The molecule has 0 bridgehead atoms. The SMILES string of the molecule is CN/C=C(\C=N)c1cc2cc(C)[nH]c2cc1C#N. The fourth-order valence-corrected chi connectivity index (χ4v) is 2.01. The normalized spacial score (nSPS) is 11.3. The van der Waals surface area contributed by atoms with E-state index in [1.54, 1.807) is 13.2 Å². The Morgan fingerprint density at radius 2 is 2.22 bits per heavy atom. The maximum absolute atomic E-state index is 9.21. The number of nitrogens with zero attached hydrogens (tertiary/aromatic N) is 1. The lowest BCUT2D eigenvalue weighted by Gasteiger charge is -2.05. The first-order valence-corrected chi connectivity index (χ1v) is 5.61. The summed E-state index contributed by atoms with van der Waals surface area (Å²) in [4.78, 5) is 3.21. The highest BCUT2D eigenvalue weighted by molar-refractivity contribution is 6.10. The molecule has 1 aromatic carbocycles. The minimum atomic E-state index is 0.564. The van der Waals surface area contributed by atoms with Gasteiger partial charge in [0.05, 0.1) is 11.6 Å². The number of aromatic amines is 1. The van der Waals surface area contributed by atoms with Gasteiger partial charge in [0.15, 0.2) is 0 Å². The molecular formula is C14H14N4. The molecule has 0 fully saturated rings. The monoisotopic (exact) mass is 238 g/mol. The number of H-pyrrole nitrogens is 1. The topological polar surface area (TPSA) is 75.5 Å². The molecule has 4 heteroatoms. The van der Waals surface area contributed by atoms with E-state index in [-0.39, 0.29) is 0 Å². The number of nitrogens with one attached hydrogen (secondary N) is 3. The largest absolute Gasteiger partial charge is 0.393 e. The molecule has 90 valence electrons. The Kier molecular flexibility index (Phi) is 3.16. The van der Waals surface area contributed by atoms with E-state index in [0.717, 1.165) is 22.2 Å². The number of aryl methyl sites for hydroxylation is 1. The molecule has 3 N–H and O–H groups in total. The molecule has 18 heavy (non-hydrogen) atoms. The van der Waals surface area contributed by atoms with Crippen molar-refractivity contribution in [1.29, 1.82) is 10.7 Å². The van der Waals surface area contributed by atoms with E-state index in [1.165, 1.54) is 6.21 Å². The molecule has 0 aliphatic heterocycles. The summed E-state index contributed by atoms with van der Waals surface area (Å²) >= 11 is 0. The van der Waals surface area contributed by atoms with Crippen LogP contribution in [0.4, 0.5) is 0 Å². The third-order valence-electron chi connectivity index (χ3n) is 2.78. The Bertz CT molecular complexity index is 671. The standard InChI is InChI=1S/C14H14N4/c1-9-3-10-4-13(12(7-16)8-17-2)11(6-15)5-14(10)18-9/h3-5,7-8,16-18H,1-2H3/b12-8+,16-7?. The van der Waals surface area contributed by atoms with Crippen molar-refractivity contribution >= 4 is 22.7 Å². The zero-order valence-electron chi connectivity index (χ0n) is 10.3. The Balaban J connectivity index is 2.72. The highest BCUT2D eigenvalue weighted by atomic mass is 14.8. The van der Waals surface area contributed by atoms with Crippen molar-refractivity contribution in [3.63, 3.8) is 0 Å². The smallest absolute Gasteiger partial charge is 0.0998 e. The fourth-order valence-electron chi connectivity index (χ4n) is 2.01. The minimum absolute atomic E-state index is 0.564. The van der Waals surface area contributed by atoms with Crippen LogP contribution in [-0.4, -0.2) is 18.2 Å². The number of allylic oxidation sites excluding steroid dienone is 1. The van der Waals surface area contributed by atoms with E-state index in [9.17, 15) is 5.26 Å². The molecule has 1 aromatic heterocycles. The second-order valence-electron chi connectivity index (χ2n) is 4.08. The Labute approximate surface area is 105 Å². The van der Waals surface area contributed by atoms with Crippen molar-refractivity contribution in [2.24, 2.45) is 0 Å². The molecule has 0 aliphatic carbocycles. The first kappa shape index (κ1) is 11.9. The van der Waals surface area contributed by atoms with Crippen LogP contribution >= 0.6 is 0 Å². The van der Waals surface area contributed by atoms with Crippen molar-refractivity contribution in [1.82, 2.24) is 10.3 Å². The fraction of sp³-hybridized carbons (Fsp3) is 0.143. The number of aromatic nitrogens is 1. The zero-order chi connectivity index (χ0) is 13.1. The molecule has 0 radical (unpaired) electrons. The molecule has 4 nitrogen and oxygen atoms in total. The average Bonchev–Trinajstić information content (AvgIpc) is 2.73. The van der Waals surface area contributed by atoms with Gasteiger partial charge in [-0.25, -0.2) is 0 Å². The van der Waals surface area contributed by atoms with Gasteiger partial charge in [-0.15, -0.1) is 0 Å². The molecule has 0 unspecified atom stereocenters. The highest BCUT2D eigenvalue weighted by Crippen LogP contribution is 2.24. The summed E-state index contributed by atoms with van der Waals surface area (Å²) in [6, 6.07) is 7.97. The first-order valence-electron chi connectivity index (χ1n) is 5.61. The zero-order valence-corrected chi connectivity index (χ0v) is 10.3. The molecule has 2 rings (SSSR count). The summed E-state index contributed by atoms with van der Waals surface area (Å²) in [6.45, 7) is 1.98. The number of hydrogen-bond donors (Lipinski definition) is 3. The van der Waals surface area contributed by atoms with Gasteiger partial charge in [-0.1, -0.05) is 0 Å². The second kappa shape index (κ2) is 4.76. The number of hydrogen-bond acceptors (Lipinski definition) is 3. The summed E-state index contributed by atoms with van der Waals surface area (Å²) in [7, 11) is 1.77. The van der Waals surface area contributed by atoms with Crippen LogP contribution in [-0.2, 0) is 0 Å². The summed E-state index contributed by atoms with van der Waals surface area (Å²) in [6.07, 6.45) is 2.96. The van der Waals surface area contributed by atoms with Crippen LogP contribution in [0.2, 0.25) is 0 Å². The van der Waals surface area contributed by atoms with Gasteiger partial charge in [0.2, 0.25) is 0 Å². The van der Waals surface area contributed by atoms with E-state index in [2.05, 4.69) is 16.4 Å². The van der Waals surface area contributed by atoms with Gasteiger partial charge in [0.1, 0.15) is 0 Å². The minimum Gasteiger partial charge on any atom is -0.393 e. The van der Waals surface area contributed by atoms with Crippen molar-refractivity contribution in [3.05, 3.63) is 41.2 Å². The van der Waals surface area contributed by atoms with Crippen LogP contribution < -0.4 is 5.32 Å². The van der Waals surface area contributed by atoms with Gasteiger partial charge in [0.25, 0.3) is 0 Å². The Hall–Kier alpha value is -2.54. The lowest BCUT2D eigenvalue weighted by Crippen LogP contribution is -1.99. The molecule has 0 aliphatic rings. The van der Waals surface area contributed by atoms with Gasteiger partial charge in [0, 0.05) is 47.2 Å². The third kappa shape index (κ3) is 1.98. The van der Waals surface area contributed by atoms with Crippen molar-refractivity contribution in [2.75, 3.05) is 7.05 Å². The van der Waals surface area contributed by atoms with Gasteiger partial charge in [-0.3, -0.25) is 0 Å². The van der Waals surface area contributed by atoms with E-state index >= 15 is 0 Å². The Morgan fingerprint density at radius 1 is 1.44 bits per heavy atom. The van der Waals surface area contributed by atoms with E-state index in [4.69, 9.17) is 5.41 Å². The maximum Gasteiger partial charge on any atom is 0.0998 e. The lowest BCUT2D eigenvalue weighted by molar-refractivity contribution is 1.11. The van der Waals surface area contributed by atoms with Crippen LogP contribution in [0.3, 0.4) is 0 Å². The number of fused-ring (bicyclic) bond motifs is 1. The van der Waals surface area contributed by atoms with E-state index < -0.39 is 0 Å². The first-order chi connectivity index (χ1) is 8.69. The molecule has 0 amide bonds. The van der Waals surface area contributed by atoms with Crippen LogP contribution in [0.25, 0.3) is 16.5 Å². The molecule has 0 spiro atoms. The molecule has 1 heterocycles. The maximum atomic E-state index is 9.21. The van der Waals surface area contributed by atoms with Crippen molar-refractivity contribution in [2.45, 2.75) is 6.92 Å². The summed E-state index contributed by atoms with van der Waals surface area (Å²) in [5.74, 6) is 0. The van der Waals surface area contributed by atoms with Crippen LogP contribution in [0.1, 0.15) is 16.8 Å². The quantitative estimate of drug-likeness (QED) is 0.719. The third-order valence-corrected chi connectivity index (χ3v) is 2.78. The average molecular weight is 238 g/mol. The molecular weight excluding hydrogens is 224 g/mol. The molecule has 0 atom stereocenters. The van der Waals surface area contributed by atoms with E-state index in [0.29, 0.717) is 11.1 Å². The predicted octanol–water partition coefficient (Wildman–Crippen LogP) is 2.56. The van der Waals surface area contributed by atoms with Gasteiger partial charge < -0.3 is 15.7 Å². The highest BCUT2D eigenvalue weighted by Gasteiger charge is 2.09. The van der Waals surface area contributed by atoms with Crippen molar-refractivity contribution in [3.8, 4) is 6.07 Å². The van der Waals surface area contributed by atoms with Crippen LogP contribution in [0.15, 0.2) is 24.4 Å². The number of nitriles is 1. The van der Waals surface area contributed by atoms with Crippen molar-refractivity contribution < 1.29 is 0 Å². The molecule has 0 saturated carbocycles. The summed E-state index contributed by atoms with van der Waals surface area (Å²) in [5.41, 5.74) is 4.03. The van der Waals surface area contributed by atoms with E-state index in [1.807, 2.05) is 25.1 Å². The lowest BCUT2D eigenvalue weighted by atomic mass is 9.99. The van der Waals surface area contributed by atoms with Gasteiger partial charge in [-0.05, 0) is 25.1 Å². The van der Waals surface area contributed by atoms with Crippen LogP contribution in [0, 0.1) is 23.7 Å².